The van der Waals surface area contributed by atoms with Gasteiger partial charge in [0.2, 0.25) is 5.91 Å². The van der Waals surface area contributed by atoms with Crippen molar-refractivity contribution in [3.05, 3.63) is 33.8 Å². The lowest BCUT2D eigenvalue weighted by atomic mass is 10.1. The average molecular weight is 328 g/mol. The van der Waals surface area contributed by atoms with Crippen LogP contribution in [0.25, 0.3) is 0 Å². The Balaban J connectivity index is 0.00000324. The SMILES string of the molecule is COCC(N)C(=O)NCCc1cccc(Cl)c1Cl.Cl. The summed E-state index contributed by atoms with van der Waals surface area (Å²) in [7, 11) is 1.50. The number of benzene rings is 1. The summed E-state index contributed by atoms with van der Waals surface area (Å²) in [4.78, 5) is 11.5. The molecule has 3 N–H and O–H groups in total. The van der Waals surface area contributed by atoms with Crippen LogP contribution < -0.4 is 11.1 Å². The molecular formula is C12H17Cl3N2O2. The summed E-state index contributed by atoms with van der Waals surface area (Å²) in [6, 6.07) is 4.77. The molecule has 0 aliphatic carbocycles. The molecule has 0 heterocycles. The summed E-state index contributed by atoms with van der Waals surface area (Å²) in [5.74, 6) is -0.241. The number of hydrogen-bond acceptors (Lipinski definition) is 3. The normalized spacial score (nSPS) is 11.6. The van der Waals surface area contributed by atoms with Crippen molar-refractivity contribution in [1.82, 2.24) is 5.32 Å². The number of nitrogens with two attached hydrogens (primary N) is 1. The minimum atomic E-state index is -0.648. The van der Waals surface area contributed by atoms with Crippen molar-refractivity contribution in [3.63, 3.8) is 0 Å². The lowest BCUT2D eigenvalue weighted by Gasteiger charge is -2.11. The lowest BCUT2D eigenvalue weighted by molar-refractivity contribution is -0.123. The molecular weight excluding hydrogens is 311 g/mol. The Morgan fingerprint density at radius 3 is 2.79 bits per heavy atom. The predicted octanol–water partition coefficient (Wildman–Crippen LogP) is 2.05. The van der Waals surface area contributed by atoms with Crippen molar-refractivity contribution < 1.29 is 9.53 Å². The van der Waals surface area contributed by atoms with Gasteiger partial charge in [0.15, 0.2) is 0 Å². The van der Waals surface area contributed by atoms with E-state index in [2.05, 4.69) is 5.32 Å². The minimum Gasteiger partial charge on any atom is -0.383 e. The lowest BCUT2D eigenvalue weighted by Crippen LogP contribution is -2.44. The Morgan fingerprint density at radius 2 is 2.16 bits per heavy atom. The standard InChI is InChI=1S/C12H16Cl2N2O2.ClH/c1-18-7-10(15)12(17)16-6-5-8-3-2-4-9(13)11(8)14;/h2-4,10H,5-7,15H2,1H3,(H,16,17);1H. The number of hydrogen-bond donors (Lipinski definition) is 2. The second-order valence-electron chi connectivity index (χ2n) is 3.82. The van der Waals surface area contributed by atoms with E-state index in [1.807, 2.05) is 12.1 Å². The third-order valence-electron chi connectivity index (χ3n) is 2.41. The first-order valence-corrected chi connectivity index (χ1v) is 6.27. The van der Waals surface area contributed by atoms with Crippen molar-refractivity contribution in [2.45, 2.75) is 12.5 Å². The molecule has 1 amide bonds. The maximum absolute atomic E-state index is 11.5. The monoisotopic (exact) mass is 326 g/mol. The van der Waals surface area contributed by atoms with Gasteiger partial charge in [0.25, 0.3) is 0 Å². The van der Waals surface area contributed by atoms with E-state index in [4.69, 9.17) is 33.7 Å². The molecule has 1 atom stereocenters. The molecule has 0 aromatic heterocycles. The van der Waals surface area contributed by atoms with Gasteiger partial charge in [0.05, 0.1) is 16.7 Å². The van der Waals surface area contributed by atoms with Crippen LogP contribution in [0.5, 0.6) is 0 Å². The van der Waals surface area contributed by atoms with Gasteiger partial charge in [0.1, 0.15) is 6.04 Å². The fraction of sp³-hybridized carbons (Fsp3) is 0.417. The Kier molecular flexibility index (Phi) is 9.14. The maximum atomic E-state index is 11.5. The third kappa shape index (κ3) is 5.97. The Bertz CT molecular complexity index is 416. The van der Waals surface area contributed by atoms with Gasteiger partial charge in [-0.15, -0.1) is 12.4 Å². The Morgan fingerprint density at radius 1 is 1.47 bits per heavy atom. The number of nitrogens with one attached hydrogen (secondary N) is 1. The molecule has 0 radical (unpaired) electrons. The van der Waals surface area contributed by atoms with Crippen LogP contribution in [0.2, 0.25) is 10.0 Å². The molecule has 0 bridgehead atoms. The van der Waals surface area contributed by atoms with E-state index in [1.54, 1.807) is 6.07 Å². The van der Waals surface area contributed by atoms with Gasteiger partial charge in [-0.3, -0.25) is 4.79 Å². The van der Waals surface area contributed by atoms with E-state index >= 15 is 0 Å². The molecule has 1 aromatic carbocycles. The van der Waals surface area contributed by atoms with E-state index in [0.717, 1.165) is 5.56 Å². The first-order valence-electron chi connectivity index (χ1n) is 5.51. The summed E-state index contributed by atoms with van der Waals surface area (Å²) >= 11 is 11.9. The topological polar surface area (TPSA) is 64.3 Å². The van der Waals surface area contributed by atoms with Crippen molar-refractivity contribution in [3.8, 4) is 0 Å². The predicted molar refractivity (Wildman–Crippen MR) is 80.3 cm³/mol. The molecule has 1 aromatic rings. The highest BCUT2D eigenvalue weighted by Crippen LogP contribution is 2.25. The number of rotatable bonds is 6. The van der Waals surface area contributed by atoms with Crippen LogP contribution in [0.3, 0.4) is 0 Å². The van der Waals surface area contributed by atoms with Crippen LogP contribution in [0.15, 0.2) is 18.2 Å². The average Bonchev–Trinajstić information content (AvgIpc) is 2.34. The van der Waals surface area contributed by atoms with Gasteiger partial charge >= 0.3 is 0 Å². The zero-order valence-electron chi connectivity index (χ0n) is 10.5. The van der Waals surface area contributed by atoms with E-state index in [1.165, 1.54) is 7.11 Å². The van der Waals surface area contributed by atoms with Gasteiger partial charge in [-0.05, 0) is 18.1 Å². The first-order chi connectivity index (χ1) is 8.56. The van der Waals surface area contributed by atoms with E-state index in [9.17, 15) is 4.79 Å². The molecule has 0 aliphatic rings. The quantitative estimate of drug-likeness (QED) is 0.840. The van der Waals surface area contributed by atoms with Gasteiger partial charge in [-0.1, -0.05) is 35.3 Å². The minimum absolute atomic E-state index is 0. The van der Waals surface area contributed by atoms with Crippen LogP contribution in [-0.4, -0.2) is 32.2 Å². The van der Waals surface area contributed by atoms with E-state index in [0.29, 0.717) is 23.0 Å². The van der Waals surface area contributed by atoms with Crippen LogP contribution in [0, 0.1) is 0 Å². The largest absolute Gasteiger partial charge is 0.383 e. The van der Waals surface area contributed by atoms with Gasteiger partial charge in [-0.2, -0.15) is 0 Å². The van der Waals surface area contributed by atoms with Gasteiger partial charge in [0, 0.05) is 13.7 Å². The zero-order chi connectivity index (χ0) is 13.5. The second-order valence-corrected chi connectivity index (χ2v) is 4.60. The molecule has 7 heteroatoms. The van der Waals surface area contributed by atoms with Crippen molar-refractivity contribution in [2.24, 2.45) is 5.73 Å². The first kappa shape index (κ1) is 18.5. The Labute approximate surface area is 129 Å². The molecule has 0 aliphatic heterocycles. The number of amides is 1. The fourth-order valence-electron chi connectivity index (χ4n) is 1.45. The third-order valence-corrected chi connectivity index (χ3v) is 3.27. The molecule has 4 nitrogen and oxygen atoms in total. The highest BCUT2D eigenvalue weighted by molar-refractivity contribution is 6.42. The summed E-state index contributed by atoms with van der Waals surface area (Å²) in [5, 5.41) is 3.75. The fourth-order valence-corrected chi connectivity index (χ4v) is 1.86. The summed E-state index contributed by atoms with van der Waals surface area (Å²) in [5.41, 5.74) is 6.47. The molecule has 108 valence electrons. The number of halogens is 3. The molecule has 0 saturated carbocycles. The Hall–Kier alpha value is -0.520. The highest BCUT2D eigenvalue weighted by Gasteiger charge is 2.12. The highest BCUT2D eigenvalue weighted by atomic mass is 35.5. The van der Waals surface area contributed by atoms with Crippen molar-refractivity contribution in [1.29, 1.82) is 0 Å². The number of ether oxygens (including phenoxy) is 1. The number of carbonyl (C=O) groups is 1. The number of carbonyl (C=O) groups excluding carboxylic acids is 1. The molecule has 0 fully saturated rings. The zero-order valence-corrected chi connectivity index (χ0v) is 12.8. The molecule has 1 rings (SSSR count). The van der Waals surface area contributed by atoms with Crippen LogP contribution >= 0.6 is 35.6 Å². The summed E-state index contributed by atoms with van der Waals surface area (Å²) in [6.45, 7) is 0.653. The van der Waals surface area contributed by atoms with Gasteiger partial charge < -0.3 is 15.8 Å². The van der Waals surface area contributed by atoms with E-state index in [-0.39, 0.29) is 24.9 Å². The van der Waals surface area contributed by atoms with Gasteiger partial charge in [-0.25, -0.2) is 0 Å². The molecule has 0 spiro atoms. The molecule has 19 heavy (non-hydrogen) atoms. The van der Waals surface area contributed by atoms with Crippen molar-refractivity contribution in [2.75, 3.05) is 20.3 Å². The summed E-state index contributed by atoms with van der Waals surface area (Å²) in [6.07, 6.45) is 0.602. The maximum Gasteiger partial charge on any atom is 0.239 e. The van der Waals surface area contributed by atoms with Crippen LogP contribution in [0.4, 0.5) is 0 Å². The van der Waals surface area contributed by atoms with E-state index < -0.39 is 6.04 Å². The summed E-state index contributed by atoms with van der Waals surface area (Å²) < 4.78 is 4.80. The smallest absolute Gasteiger partial charge is 0.239 e. The number of methoxy groups -OCH3 is 1. The second kappa shape index (κ2) is 9.39. The van der Waals surface area contributed by atoms with Crippen LogP contribution in [0.1, 0.15) is 5.56 Å². The van der Waals surface area contributed by atoms with Crippen LogP contribution in [-0.2, 0) is 16.0 Å². The van der Waals surface area contributed by atoms with Crippen molar-refractivity contribution >= 4 is 41.5 Å². The molecule has 1 unspecified atom stereocenters. The molecule has 0 saturated heterocycles.